The van der Waals surface area contributed by atoms with Crippen molar-refractivity contribution in [1.29, 1.82) is 0 Å². The molecule has 0 fully saturated rings. The van der Waals surface area contributed by atoms with Crippen LogP contribution >= 0.6 is 0 Å². The Labute approximate surface area is 145 Å². The minimum atomic E-state index is -1.00. The predicted molar refractivity (Wildman–Crippen MR) is 92.4 cm³/mol. The lowest BCUT2D eigenvalue weighted by Crippen LogP contribution is -1.97. The molecule has 1 heterocycles. The van der Waals surface area contributed by atoms with Gasteiger partial charge in [-0.2, -0.15) is 0 Å². The van der Waals surface area contributed by atoms with Crippen LogP contribution in [0.25, 0.3) is 16.7 Å². The number of aliphatic carboxylic acids is 1. The van der Waals surface area contributed by atoms with E-state index in [9.17, 15) is 4.79 Å². The van der Waals surface area contributed by atoms with Crippen LogP contribution in [0.4, 0.5) is 0 Å². The molecule has 2 aromatic carbocycles. The quantitative estimate of drug-likeness (QED) is 0.837. The third-order valence-corrected chi connectivity index (χ3v) is 3.96. The van der Waals surface area contributed by atoms with Crippen molar-refractivity contribution in [2.45, 2.75) is 6.92 Å². The average molecular weight is 342 g/mol. The van der Waals surface area contributed by atoms with Crippen molar-refractivity contribution in [1.82, 2.24) is 0 Å². The SMILES string of the molecule is COc1cc(/C(C)=C/C(=O)O)cc(-c2ccc3c(c2)OCO3)c1OC. The van der Waals surface area contributed by atoms with Crippen LogP contribution < -0.4 is 18.9 Å². The maximum absolute atomic E-state index is 11.0. The molecule has 0 aliphatic carbocycles. The maximum Gasteiger partial charge on any atom is 0.328 e. The number of benzene rings is 2. The first-order valence-corrected chi connectivity index (χ1v) is 7.61. The van der Waals surface area contributed by atoms with Gasteiger partial charge in [0.1, 0.15) is 0 Å². The normalized spacial score (nSPS) is 12.8. The van der Waals surface area contributed by atoms with Gasteiger partial charge in [0.25, 0.3) is 0 Å². The molecule has 0 unspecified atom stereocenters. The highest BCUT2D eigenvalue weighted by Crippen LogP contribution is 2.43. The van der Waals surface area contributed by atoms with Crippen molar-refractivity contribution < 1.29 is 28.8 Å². The largest absolute Gasteiger partial charge is 0.493 e. The van der Waals surface area contributed by atoms with Gasteiger partial charge in [-0.15, -0.1) is 0 Å². The molecule has 6 nitrogen and oxygen atoms in total. The Morgan fingerprint density at radius 3 is 2.56 bits per heavy atom. The van der Waals surface area contributed by atoms with Crippen LogP contribution in [-0.4, -0.2) is 32.1 Å². The molecule has 0 radical (unpaired) electrons. The van der Waals surface area contributed by atoms with Gasteiger partial charge in [-0.1, -0.05) is 6.07 Å². The Balaban J connectivity index is 2.18. The predicted octanol–water partition coefficient (Wildman–Crippen LogP) is 3.59. The Kier molecular flexibility index (Phi) is 4.52. The Hall–Kier alpha value is -3.15. The average Bonchev–Trinajstić information content (AvgIpc) is 3.07. The summed E-state index contributed by atoms with van der Waals surface area (Å²) in [4.78, 5) is 11.0. The van der Waals surface area contributed by atoms with Crippen LogP contribution in [0.15, 0.2) is 36.4 Å². The highest BCUT2D eigenvalue weighted by molar-refractivity contribution is 5.91. The lowest BCUT2D eigenvalue weighted by Gasteiger charge is -2.16. The van der Waals surface area contributed by atoms with Crippen molar-refractivity contribution in [3.8, 4) is 34.1 Å². The summed E-state index contributed by atoms with van der Waals surface area (Å²) in [6.45, 7) is 1.93. The van der Waals surface area contributed by atoms with Gasteiger partial charge in [0.05, 0.1) is 14.2 Å². The maximum atomic E-state index is 11.0. The van der Waals surface area contributed by atoms with E-state index in [1.165, 1.54) is 0 Å². The molecule has 0 aromatic heterocycles. The zero-order valence-electron chi connectivity index (χ0n) is 14.2. The third kappa shape index (κ3) is 3.24. The molecule has 0 bridgehead atoms. The zero-order valence-corrected chi connectivity index (χ0v) is 14.2. The Morgan fingerprint density at radius 1 is 1.12 bits per heavy atom. The standard InChI is InChI=1S/C19H18O6/c1-11(6-18(20)21)13-7-14(19(23-3)17(9-13)22-2)12-4-5-15-16(8-12)25-10-24-15/h4-9H,10H2,1-3H3,(H,20,21)/b11-6+. The topological polar surface area (TPSA) is 74.2 Å². The molecule has 130 valence electrons. The fourth-order valence-electron chi connectivity index (χ4n) is 2.74. The minimum Gasteiger partial charge on any atom is -0.493 e. The van der Waals surface area contributed by atoms with Crippen LogP contribution in [0.5, 0.6) is 23.0 Å². The van der Waals surface area contributed by atoms with Crippen molar-refractivity contribution in [3.05, 3.63) is 42.0 Å². The smallest absolute Gasteiger partial charge is 0.328 e. The number of methoxy groups -OCH3 is 2. The monoisotopic (exact) mass is 342 g/mol. The summed E-state index contributed by atoms with van der Waals surface area (Å²) in [5.41, 5.74) is 2.96. The summed E-state index contributed by atoms with van der Waals surface area (Å²) in [7, 11) is 3.11. The summed E-state index contributed by atoms with van der Waals surface area (Å²) in [5.74, 6) is 1.42. The van der Waals surface area contributed by atoms with Crippen LogP contribution in [0.1, 0.15) is 12.5 Å². The second-order valence-corrected chi connectivity index (χ2v) is 5.49. The molecule has 2 aromatic rings. The molecule has 0 spiro atoms. The van der Waals surface area contributed by atoms with E-state index in [4.69, 9.17) is 24.1 Å². The lowest BCUT2D eigenvalue weighted by molar-refractivity contribution is -0.131. The number of ether oxygens (including phenoxy) is 4. The summed E-state index contributed by atoms with van der Waals surface area (Å²) in [6.07, 6.45) is 1.16. The number of rotatable bonds is 5. The van der Waals surface area contributed by atoms with E-state index >= 15 is 0 Å². The molecular formula is C19H18O6. The fourth-order valence-corrected chi connectivity index (χ4v) is 2.74. The van der Waals surface area contributed by atoms with Gasteiger partial charge in [-0.05, 0) is 47.9 Å². The van der Waals surface area contributed by atoms with Gasteiger partial charge in [-0.25, -0.2) is 4.79 Å². The molecule has 1 N–H and O–H groups in total. The number of fused-ring (bicyclic) bond motifs is 1. The first kappa shape index (κ1) is 16.7. The summed E-state index contributed by atoms with van der Waals surface area (Å²) < 4.78 is 21.7. The van der Waals surface area contributed by atoms with E-state index in [-0.39, 0.29) is 6.79 Å². The van der Waals surface area contributed by atoms with Gasteiger partial charge in [0.2, 0.25) is 6.79 Å². The second kappa shape index (κ2) is 6.76. The third-order valence-electron chi connectivity index (χ3n) is 3.96. The van der Waals surface area contributed by atoms with E-state index in [1.807, 2.05) is 24.3 Å². The van der Waals surface area contributed by atoms with Gasteiger partial charge in [-0.3, -0.25) is 0 Å². The summed E-state index contributed by atoms with van der Waals surface area (Å²) in [6, 6.07) is 9.21. The van der Waals surface area contributed by atoms with Crippen LogP contribution in [-0.2, 0) is 4.79 Å². The number of allylic oxidation sites excluding steroid dienone is 1. The number of carboxylic acid groups (broad SMARTS) is 1. The van der Waals surface area contributed by atoms with Crippen LogP contribution in [0.2, 0.25) is 0 Å². The van der Waals surface area contributed by atoms with E-state index in [2.05, 4.69) is 0 Å². The van der Waals surface area contributed by atoms with E-state index in [0.29, 0.717) is 28.6 Å². The lowest BCUT2D eigenvalue weighted by atomic mass is 9.97. The highest BCUT2D eigenvalue weighted by Gasteiger charge is 2.19. The van der Waals surface area contributed by atoms with E-state index < -0.39 is 5.97 Å². The molecule has 6 heteroatoms. The second-order valence-electron chi connectivity index (χ2n) is 5.49. The van der Waals surface area contributed by atoms with Gasteiger partial charge >= 0.3 is 5.97 Å². The number of carboxylic acids is 1. The first-order chi connectivity index (χ1) is 12.0. The molecule has 0 amide bonds. The molecule has 25 heavy (non-hydrogen) atoms. The highest BCUT2D eigenvalue weighted by atomic mass is 16.7. The molecule has 1 aliphatic rings. The molecule has 1 aliphatic heterocycles. The molecule has 0 saturated heterocycles. The molecule has 0 saturated carbocycles. The Morgan fingerprint density at radius 2 is 1.88 bits per heavy atom. The van der Waals surface area contributed by atoms with Crippen molar-refractivity contribution in [3.63, 3.8) is 0 Å². The van der Waals surface area contributed by atoms with Gasteiger partial charge < -0.3 is 24.1 Å². The molecular weight excluding hydrogens is 324 g/mol. The summed E-state index contributed by atoms with van der Waals surface area (Å²) >= 11 is 0. The number of hydrogen-bond acceptors (Lipinski definition) is 5. The number of carbonyl (C=O) groups is 1. The van der Waals surface area contributed by atoms with Crippen molar-refractivity contribution >= 4 is 11.5 Å². The zero-order chi connectivity index (χ0) is 18.0. The van der Waals surface area contributed by atoms with E-state index in [1.54, 1.807) is 27.2 Å². The van der Waals surface area contributed by atoms with Crippen molar-refractivity contribution in [2.24, 2.45) is 0 Å². The fraction of sp³-hybridized carbons (Fsp3) is 0.211. The number of hydrogen-bond donors (Lipinski definition) is 1. The van der Waals surface area contributed by atoms with E-state index in [0.717, 1.165) is 22.8 Å². The van der Waals surface area contributed by atoms with Gasteiger partial charge in [0.15, 0.2) is 23.0 Å². The summed E-state index contributed by atoms with van der Waals surface area (Å²) in [5, 5.41) is 9.00. The molecule has 3 rings (SSSR count). The molecule has 0 atom stereocenters. The van der Waals surface area contributed by atoms with Gasteiger partial charge in [0, 0.05) is 11.6 Å². The first-order valence-electron chi connectivity index (χ1n) is 7.61. The van der Waals surface area contributed by atoms with Crippen LogP contribution in [0.3, 0.4) is 0 Å². The Bertz CT molecular complexity index is 853. The minimum absolute atomic E-state index is 0.194. The van der Waals surface area contributed by atoms with Crippen LogP contribution in [0, 0.1) is 0 Å². The van der Waals surface area contributed by atoms with Crippen molar-refractivity contribution in [2.75, 3.05) is 21.0 Å².